The SMILES string of the molecule is CN(C)CCn1ccc(NC(=O)C(=O)N2CCc3cc(-c4ccccc4)ccc32)n1. The maximum Gasteiger partial charge on any atom is 0.316 e. The Morgan fingerprint density at radius 1 is 1.07 bits per heavy atom. The first kappa shape index (κ1) is 19.8. The molecular formula is C23H25N5O2. The van der Waals surface area contributed by atoms with Crippen molar-refractivity contribution in [2.75, 3.05) is 37.4 Å². The third-order valence-corrected chi connectivity index (χ3v) is 5.18. The van der Waals surface area contributed by atoms with Crippen LogP contribution in [0.1, 0.15) is 5.56 Å². The lowest BCUT2D eigenvalue weighted by atomic mass is 10.0. The number of carbonyl (C=O) groups is 2. The van der Waals surface area contributed by atoms with Gasteiger partial charge in [-0.2, -0.15) is 5.10 Å². The smallest absolute Gasteiger partial charge is 0.308 e. The minimum atomic E-state index is -0.673. The molecule has 0 unspecified atom stereocenters. The van der Waals surface area contributed by atoms with Crippen LogP contribution in [0.15, 0.2) is 60.8 Å². The second-order valence-corrected chi connectivity index (χ2v) is 7.64. The molecule has 0 aliphatic carbocycles. The van der Waals surface area contributed by atoms with Gasteiger partial charge in [0.1, 0.15) is 0 Å². The Labute approximate surface area is 175 Å². The topological polar surface area (TPSA) is 70.5 Å². The molecular weight excluding hydrogens is 378 g/mol. The van der Waals surface area contributed by atoms with E-state index in [1.54, 1.807) is 21.8 Å². The summed E-state index contributed by atoms with van der Waals surface area (Å²) in [6.45, 7) is 2.04. The van der Waals surface area contributed by atoms with E-state index >= 15 is 0 Å². The second kappa shape index (κ2) is 8.51. The van der Waals surface area contributed by atoms with Crippen LogP contribution in [0.25, 0.3) is 11.1 Å². The summed E-state index contributed by atoms with van der Waals surface area (Å²) in [7, 11) is 3.98. The molecule has 0 bridgehead atoms. The van der Waals surface area contributed by atoms with Gasteiger partial charge < -0.3 is 15.1 Å². The highest BCUT2D eigenvalue weighted by atomic mass is 16.2. The fourth-order valence-electron chi connectivity index (χ4n) is 3.57. The van der Waals surface area contributed by atoms with Gasteiger partial charge in [0.15, 0.2) is 5.82 Å². The van der Waals surface area contributed by atoms with Crippen molar-refractivity contribution < 1.29 is 9.59 Å². The van der Waals surface area contributed by atoms with Crippen molar-refractivity contribution in [3.8, 4) is 11.1 Å². The molecule has 1 aromatic heterocycles. The van der Waals surface area contributed by atoms with Crippen LogP contribution in [0, 0.1) is 0 Å². The number of amides is 2. The molecule has 4 rings (SSSR count). The lowest BCUT2D eigenvalue weighted by Gasteiger charge is -2.16. The van der Waals surface area contributed by atoms with Crippen molar-refractivity contribution >= 4 is 23.3 Å². The standard InChI is InChI=1S/C23H25N5O2/c1-26(2)14-15-27-12-11-21(25-27)24-22(29)23(30)28-13-10-19-16-18(8-9-20(19)28)17-6-4-3-5-7-17/h3-9,11-12,16H,10,13-15H2,1-2H3,(H,24,25,29). The molecule has 2 heterocycles. The predicted molar refractivity (Wildman–Crippen MR) is 117 cm³/mol. The van der Waals surface area contributed by atoms with E-state index in [-0.39, 0.29) is 0 Å². The summed E-state index contributed by atoms with van der Waals surface area (Å²) >= 11 is 0. The molecule has 0 saturated heterocycles. The summed E-state index contributed by atoms with van der Waals surface area (Å²) in [6, 6.07) is 17.8. The first-order chi connectivity index (χ1) is 14.5. The molecule has 2 amide bonds. The van der Waals surface area contributed by atoms with Gasteiger partial charge in [0, 0.05) is 31.0 Å². The molecule has 7 heteroatoms. The molecule has 30 heavy (non-hydrogen) atoms. The van der Waals surface area contributed by atoms with Crippen LogP contribution in [-0.2, 0) is 22.6 Å². The number of nitrogens with one attached hydrogen (secondary N) is 1. The molecule has 0 saturated carbocycles. The van der Waals surface area contributed by atoms with Gasteiger partial charge in [-0.3, -0.25) is 14.3 Å². The van der Waals surface area contributed by atoms with Gasteiger partial charge in [0.2, 0.25) is 0 Å². The molecule has 0 radical (unpaired) electrons. The second-order valence-electron chi connectivity index (χ2n) is 7.64. The van der Waals surface area contributed by atoms with Crippen LogP contribution >= 0.6 is 0 Å². The number of anilines is 2. The first-order valence-corrected chi connectivity index (χ1v) is 10.0. The van der Waals surface area contributed by atoms with Crippen LogP contribution in [0.3, 0.4) is 0 Å². The molecule has 2 aromatic carbocycles. The Hall–Kier alpha value is -3.45. The highest BCUT2D eigenvalue weighted by molar-refractivity contribution is 6.44. The average Bonchev–Trinajstić information content (AvgIpc) is 3.38. The van der Waals surface area contributed by atoms with Crippen LogP contribution in [0.5, 0.6) is 0 Å². The molecule has 1 aliphatic heterocycles. The molecule has 154 valence electrons. The number of aromatic nitrogens is 2. The zero-order chi connectivity index (χ0) is 21.1. The molecule has 1 aliphatic rings. The molecule has 0 spiro atoms. The van der Waals surface area contributed by atoms with Gasteiger partial charge in [0.05, 0.1) is 6.54 Å². The van der Waals surface area contributed by atoms with E-state index in [9.17, 15) is 9.59 Å². The first-order valence-electron chi connectivity index (χ1n) is 10.0. The summed E-state index contributed by atoms with van der Waals surface area (Å²) < 4.78 is 1.75. The molecule has 1 N–H and O–H groups in total. The van der Waals surface area contributed by atoms with Gasteiger partial charge in [0.25, 0.3) is 0 Å². The van der Waals surface area contributed by atoms with Crippen molar-refractivity contribution in [3.05, 3.63) is 66.4 Å². The van der Waals surface area contributed by atoms with Gasteiger partial charge in [-0.1, -0.05) is 36.4 Å². The van der Waals surface area contributed by atoms with E-state index in [0.717, 1.165) is 35.3 Å². The zero-order valence-electron chi connectivity index (χ0n) is 17.2. The summed E-state index contributed by atoms with van der Waals surface area (Å²) in [5.74, 6) is -0.858. The average molecular weight is 403 g/mol. The number of rotatable bonds is 5. The zero-order valence-corrected chi connectivity index (χ0v) is 17.2. The van der Waals surface area contributed by atoms with Crippen LogP contribution < -0.4 is 10.2 Å². The Morgan fingerprint density at radius 3 is 2.63 bits per heavy atom. The minimum Gasteiger partial charge on any atom is -0.308 e. The van der Waals surface area contributed by atoms with Crippen molar-refractivity contribution in [1.29, 1.82) is 0 Å². The summed E-state index contributed by atoms with van der Waals surface area (Å²) in [5.41, 5.74) is 4.11. The monoisotopic (exact) mass is 403 g/mol. The minimum absolute atomic E-state index is 0.381. The third kappa shape index (κ3) is 4.26. The number of carbonyl (C=O) groups excluding carboxylic acids is 2. The van der Waals surface area contributed by atoms with Gasteiger partial charge in [-0.15, -0.1) is 0 Å². The number of likely N-dealkylation sites (N-methyl/N-ethyl adjacent to an activating group) is 1. The van der Waals surface area contributed by atoms with E-state index in [1.807, 2.05) is 44.4 Å². The maximum absolute atomic E-state index is 12.8. The lowest BCUT2D eigenvalue weighted by molar-refractivity contribution is -0.134. The van der Waals surface area contributed by atoms with Crippen molar-refractivity contribution in [1.82, 2.24) is 14.7 Å². The van der Waals surface area contributed by atoms with E-state index < -0.39 is 11.8 Å². The number of hydrogen-bond acceptors (Lipinski definition) is 4. The molecule has 0 fully saturated rings. The van der Waals surface area contributed by atoms with Crippen molar-refractivity contribution in [2.24, 2.45) is 0 Å². The van der Waals surface area contributed by atoms with Crippen molar-refractivity contribution in [2.45, 2.75) is 13.0 Å². The van der Waals surface area contributed by atoms with Gasteiger partial charge in [-0.05, 0) is 49.3 Å². The summed E-state index contributed by atoms with van der Waals surface area (Å²) in [6.07, 6.45) is 2.52. The van der Waals surface area contributed by atoms with E-state index in [2.05, 4.69) is 33.5 Å². The normalized spacial score (nSPS) is 12.8. The largest absolute Gasteiger partial charge is 0.316 e. The van der Waals surface area contributed by atoms with E-state index in [0.29, 0.717) is 18.9 Å². The van der Waals surface area contributed by atoms with Crippen molar-refractivity contribution in [3.63, 3.8) is 0 Å². The summed E-state index contributed by atoms with van der Waals surface area (Å²) in [4.78, 5) is 28.9. The Bertz CT molecular complexity index is 1060. The quantitative estimate of drug-likeness (QED) is 0.665. The van der Waals surface area contributed by atoms with Gasteiger partial charge in [-0.25, -0.2) is 0 Å². The summed E-state index contributed by atoms with van der Waals surface area (Å²) in [5, 5.41) is 6.93. The lowest BCUT2D eigenvalue weighted by Crippen LogP contribution is -2.38. The van der Waals surface area contributed by atoms with Crippen LogP contribution in [0.4, 0.5) is 11.5 Å². The fourth-order valence-corrected chi connectivity index (χ4v) is 3.57. The number of nitrogens with zero attached hydrogens (tertiary/aromatic N) is 4. The van der Waals surface area contributed by atoms with Gasteiger partial charge >= 0.3 is 11.8 Å². The Kier molecular flexibility index (Phi) is 5.63. The van der Waals surface area contributed by atoms with E-state index in [1.165, 1.54) is 0 Å². The third-order valence-electron chi connectivity index (χ3n) is 5.18. The molecule has 0 atom stereocenters. The molecule has 3 aromatic rings. The fraction of sp³-hybridized carbons (Fsp3) is 0.261. The predicted octanol–water partition coefficient (Wildman–Crippen LogP) is 2.64. The molecule has 7 nitrogen and oxygen atoms in total. The highest BCUT2D eigenvalue weighted by Crippen LogP contribution is 2.32. The highest BCUT2D eigenvalue weighted by Gasteiger charge is 2.29. The Balaban J connectivity index is 1.43. The maximum atomic E-state index is 12.8. The number of benzene rings is 2. The Morgan fingerprint density at radius 2 is 1.87 bits per heavy atom. The van der Waals surface area contributed by atoms with E-state index in [4.69, 9.17) is 0 Å². The number of hydrogen-bond donors (Lipinski definition) is 1. The van der Waals surface area contributed by atoms with Crippen LogP contribution in [-0.4, -0.2) is 53.7 Å². The van der Waals surface area contributed by atoms with Crippen LogP contribution in [0.2, 0.25) is 0 Å². The number of fused-ring (bicyclic) bond motifs is 1.